The van der Waals surface area contributed by atoms with Crippen molar-refractivity contribution in [1.29, 1.82) is 0 Å². The van der Waals surface area contributed by atoms with Crippen LogP contribution >= 0.6 is 35.0 Å². The van der Waals surface area contributed by atoms with Crippen LogP contribution in [0.5, 0.6) is 0 Å². The quantitative estimate of drug-likeness (QED) is 0.484. The number of pyridine rings is 1. The molecule has 1 aromatic carbocycles. The van der Waals surface area contributed by atoms with Crippen molar-refractivity contribution in [3.63, 3.8) is 0 Å². The van der Waals surface area contributed by atoms with Crippen LogP contribution in [0.4, 0.5) is 0 Å². The summed E-state index contributed by atoms with van der Waals surface area (Å²) in [6, 6.07) is 16.4. The Bertz CT molecular complexity index is 1070. The van der Waals surface area contributed by atoms with Crippen molar-refractivity contribution in [2.75, 3.05) is 5.75 Å². The molecule has 0 N–H and O–H groups in total. The number of aromatic nitrogens is 2. The zero-order valence-corrected chi connectivity index (χ0v) is 18.2. The van der Waals surface area contributed by atoms with E-state index in [0.29, 0.717) is 16.1 Å². The molecule has 29 heavy (non-hydrogen) atoms. The lowest BCUT2D eigenvalue weighted by Crippen LogP contribution is -2.36. The maximum Gasteiger partial charge on any atom is 0.160 e. The van der Waals surface area contributed by atoms with Gasteiger partial charge in [-0.1, -0.05) is 48.0 Å². The maximum absolute atomic E-state index is 6.56. The normalized spacial score (nSPS) is 23.3. The highest BCUT2D eigenvalue weighted by molar-refractivity contribution is 8.14. The van der Waals surface area contributed by atoms with Gasteiger partial charge in [-0.3, -0.25) is 9.98 Å². The van der Waals surface area contributed by atoms with Crippen LogP contribution in [0.3, 0.4) is 0 Å². The van der Waals surface area contributed by atoms with E-state index in [1.165, 1.54) is 0 Å². The number of rotatable bonds is 4. The molecule has 3 atom stereocenters. The van der Waals surface area contributed by atoms with E-state index in [1.54, 1.807) is 6.07 Å². The molecule has 0 amide bonds. The molecule has 3 aromatic rings. The number of halogens is 2. The number of fused-ring (bicyclic) bond motifs is 1. The Morgan fingerprint density at radius 2 is 2.03 bits per heavy atom. The first-order valence-electron chi connectivity index (χ1n) is 9.70. The zero-order chi connectivity index (χ0) is 20.0. The third-order valence-corrected chi connectivity index (χ3v) is 7.25. The summed E-state index contributed by atoms with van der Waals surface area (Å²) in [7, 11) is 0. The molecule has 1 fully saturated rings. The fraction of sp³-hybridized carbons (Fsp3) is 0.273. The zero-order valence-electron chi connectivity index (χ0n) is 15.9. The van der Waals surface area contributed by atoms with E-state index in [-0.39, 0.29) is 12.1 Å². The fourth-order valence-corrected chi connectivity index (χ4v) is 6.04. The molecule has 0 saturated carbocycles. The van der Waals surface area contributed by atoms with Crippen LogP contribution in [-0.4, -0.2) is 31.4 Å². The van der Waals surface area contributed by atoms with Gasteiger partial charge in [-0.15, -0.1) is 0 Å². The van der Waals surface area contributed by atoms with E-state index in [0.717, 1.165) is 34.4 Å². The van der Waals surface area contributed by atoms with Crippen LogP contribution in [0.2, 0.25) is 10.0 Å². The summed E-state index contributed by atoms with van der Waals surface area (Å²) in [6.45, 7) is 2.24. The van der Waals surface area contributed by atoms with Crippen LogP contribution < -0.4 is 0 Å². The topological polar surface area (TPSA) is 33.4 Å². The lowest BCUT2D eigenvalue weighted by Gasteiger charge is -2.32. The Morgan fingerprint density at radius 3 is 2.79 bits per heavy atom. The molecule has 7 heteroatoms. The molecule has 148 valence electrons. The minimum absolute atomic E-state index is 0.0484. The third-order valence-electron chi connectivity index (χ3n) is 5.58. The van der Waals surface area contributed by atoms with Gasteiger partial charge in [-0.05, 0) is 48.9 Å². The Balaban J connectivity index is 1.64. The Hall–Kier alpha value is -1.95. The molecule has 0 radical (unpaired) electrons. The number of hydrogen-bond donors (Lipinski definition) is 0. The molecule has 2 aliphatic heterocycles. The van der Waals surface area contributed by atoms with Crippen molar-refractivity contribution in [2.45, 2.75) is 31.5 Å². The Morgan fingerprint density at radius 1 is 1.14 bits per heavy atom. The molecule has 4 nitrogen and oxygen atoms in total. The highest BCUT2D eigenvalue weighted by Gasteiger charge is 2.46. The van der Waals surface area contributed by atoms with Crippen LogP contribution in [0, 0.1) is 0 Å². The van der Waals surface area contributed by atoms with Crippen LogP contribution in [0.15, 0.2) is 65.9 Å². The number of benzene rings is 1. The molecule has 0 bridgehead atoms. The predicted molar refractivity (Wildman–Crippen MR) is 121 cm³/mol. The standard InChI is InChI=1S/C22H20Cl2N4S/c1-2-15-13-29-22-26-20(17-6-3-4-10-25-17)21(28(15)22)19-7-5-11-27(19)18-9-8-14(23)12-16(18)24/h3-12,15,20-21H,2,13H2,1H3/t15-,20-,21+/m1/s1. The van der Waals surface area contributed by atoms with E-state index in [4.69, 9.17) is 28.2 Å². The van der Waals surface area contributed by atoms with Gasteiger partial charge in [-0.25, -0.2) is 0 Å². The van der Waals surface area contributed by atoms with E-state index >= 15 is 0 Å². The van der Waals surface area contributed by atoms with Gasteiger partial charge in [-0.2, -0.15) is 0 Å². The number of aliphatic imine (C=N–C) groups is 1. The van der Waals surface area contributed by atoms with Crippen molar-refractivity contribution in [1.82, 2.24) is 14.5 Å². The second-order valence-corrected chi connectivity index (χ2v) is 9.07. The first-order valence-corrected chi connectivity index (χ1v) is 11.4. The number of thioether (sulfide) groups is 1. The van der Waals surface area contributed by atoms with Gasteiger partial charge in [0.15, 0.2) is 5.17 Å². The van der Waals surface area contributed by atoms with Crippen LogP contribution in [0.25, 0.3) is 5.69 Å². The smallest absolute Gasteiger partial charge is 0.160 e. The third kappa shape index (κ3) is 3.25. The minimum atomic E-state index is -0.0484. The Kier molecular flexibility index (Phi) is 5.06. The molecular weight excluding hydrogens is 423 g/mol. The number of amidine groups is 1. The van der Waals surface area contributed by atoms with Crippen molar-refractivity contribution < 1.29 is 0 Å². The molecule has 1 saturated heterocycles. The fourth-order valence-electron chi connectivity index (χ4n) is 4.20. The largest absolute Gasteiger partial charge is 0.337 e. The number of nitrogens with zero attached hydrogens (tertiary/aromatic N) is 4. The summed E-state index contributed by atoms with van der Waals surface area (Å²) in [5, 5.41) is 2.38. The van der Waals surface area contributed by atoms with Gasteiger partial charge >= 0.3 is 0 Å². The van der Waals surface area contributed by atoms with Crippen molar-refractivity contribution in [3.05, 3.63) is 82.4 Å². The van der Waals surface area contributed by atoms with Crippen molar-refractivity contribution in [3.8, 4) is 5.69 Å². The molecule has 5 rings (SSSR count). The summed E-state index contributed by atoms with van der Waals surface area (Å²) in [5.74, 6) is 1.07. The monoisotopic (exact) mass is 442 g/mol. The first-order chi connectivity index (χ1) is 14.2. The molecule has 4 heterocycles. The average Bonchev–Trinajstić information content (AvgIpc) is 3.43. The van der Waals surface area contributed by atoms with Gasteiger partial charge < -0.3 is 9.47 Å². The summed E-state index contributed by atoms with van der Waals surface area (Å²) < 4.78 is 2.16. The lowest BCUT2D eigenvalue weighted by molar-refractivity contribution is 0.249. The molecule has 0 unspecified atom stereocenters. The van der Waals surface area contributed by atoms with Gasteiger partial charge in [0.25, 0.3) is 0 Å². The number of hydrogen-bond acceptors (Lipinski definition) is 4. The van der Waals surface area contributed by atoms with Crippen molar-refractivity contribution in [2.24, 2.45) is 4.99 Å². The maximum atomic E-state index is 6.56. The summed E-state index contributed by atoms with van der Waals surface area (Å²) in [6.07, 6.45) is 4.98. The lowest BCUT2D eigenvalue weighted by atomic mass is 9.99. The minimum Gasteiger partial charge on any atom is -0.337 e. The van der Waals surface area contributed by atoms with Gasteiger partial charge in [0, 0.05) is 34.9 Å². The van der Waals surface area contributed by atoms with Gasteiger partial charge in [0.2, 0.25) is 0 Å². The van der Waals surface area contributed by atoms with Gasteiger partial charge in [0.05, 0.1) is 16.4 Å². The second-order valence-electron chi connectivity index (χ2n) is 7.24. The van der Waals surface area contributed by atoms with E-state index in [2.05, 4.69) is 45.8 Å². The predicted octanol–water partition coefficient (Wildman–Crippen LogP) is 6.16. The summed E-state index contributed by atoms with van der Waals surface area (Å²) >= 11 is 14.5. The van der Waals surface area contributed by atoms with E-state index in [1.807, 2.05) is 42.2 Å². The van der Waals surface area contributed by atoms with Crippen molar-refractivity contribution >= 4 is 40.1 Å². The van der Waals surface area contributed by atoms with Gasteiger partial charge in [0.1, 0.15) is 12.1 Å². The second kappa shape index (κ2) is 7.71. The summed E-state index contributed by atoms with van der Waals surface area (Å²) in [4.78, 5) is 12.2. The van der Waals surface area contributed by atoms with Crippen LogP contribution in [-0.2, 0) is 0 Å². The molecule has 2 aromatic heterocycles. The Labute approximate surface area is 184 Å². The SMILES string of the molecule is CC[C@@H]1CSC2=N[C@H](c3ccccn3)[C@H](c3cccn3-c3ccc(Cl)cc3Cl)N21. The highest BCUT2D eigenvalue weighted by Crippen LogP contribution is 2.49. The average molecular weight is 443 g/mol. The molecule has 0 spiro atoms. The molecule has 2 aliphatic rings. The molecule has 0 aliphatic carbocycles. The highest BCUT2D eigenvalue weighted by atomic mass is 35.5. The molecular formula is C22H20Cl2N4S. The summed E-state index contributed by atoms with van der Waals surface area (Å²) in [5.41, 5.74) is 3.07. The first kappa shape index (κ1) is 19.0. The van der Waals surface area contributed by atoms with Crippen LogP contribution in [0.1, 0.15) is 36.8 Å². The van der Waals surface area contributed by atoms with E-state index in [9.17, 15) is 0 Å². The van der Waals surface area contributed by atoms with E-state index < -0.39 is 0 Å².